The summed E-state index contributed by atoms with van der Waals surface area (Å²) in [6.45, 7) is 9.61. The minimum atomic E-state index is -1.34. The van der Waals surface area contributed by atoms with Crippen molar-refractivity contribution in [3.63, 3.8) is 0 Å². The topological polar surface area (TPSA) is 116 Å². The molecule has 1 spiro atoms. The summed E-state index contributed by atoms with van der Waals surface area (Å²) in [5.41, 5.74) is 7.18. The second-order valence-electron chi connectivity index (χ2n) is 13.1. The van der Waals surface area contributed by atoms with Gasteiger partial charge in [-0.3, -0.25) is 19.6 Å². The van der Waals surface area contributed by atoms with Crippen LogP contribution < -0.4 is 5.73 Å². The summed E-state index contributed by atoms with van der Waals surface area (Å²) in [4.78, 5) is 36.5. The third-order valence-corrected chi connectivity index (χ3v) is 10.8. The molecule has 13 heteroatoms. The van der Waals surface area contributed by atoms with Crippen LogP contribution in [0.4, 0.5) is 8.78 Å². The molecule has 4 heterocycles. The molecule has 2 N–H and O–H groups in total. The fourth-order valence-corrected chi connectivity index (χ4v) is 7.09. The maximum Gasteiger partial charge on any atom is 0.274 e. The van der Waals surface area contributed by atoms with Crippen molar-refractivity contribution in [2.45, 2.75) is 77.0 Å². The number of aromatic nitrogens is 4. The van der Waals surface area contributed by atoms with E-state index in [2.05, 4.69) is 34.7 Å². The first-order valence-corrected chi connectivity index (χ1v) is 19.1. The molecule has 236 valence electrons. The lowest BCUT2D eigenvalue weighted by atomic mass is 9.86. The molecule has 3 unspecified atom stereocenters. The number of nitrogens with zero attached hydrogens (tertiary/aromatic N) is 5. The van der Waals surface area contributed by atoms with E-state index in [0.717, 1.165) is 12.2 Å². The first-order valence-electron chi connectivity index (χ1n) is 15.0. The van der Waals surface area contributed by atoms with E-state index in [0.29, 0.717) is 67.9 Å². The molecule has 1 aliphatic carbocycles. The minimum absolute atomic E-state index is 0.0553. The number of halogens is 3. The van der Waals surface area contributed by atoms with Crippen molar-refractivity contribution in [2.75, 3.05) is 13.2 Å². The zero-order chi connectivity index (χ0) is 31.8. The van der Waals surface area contributed by atoms with Gasteiger partial charge >= 0.3 is 0 Å². The Labute approximate surface area is 262 Å². The van der Waals surface area contributed by atoms with E-state index < -0.39 is 31.2 Å². The minimum Gasteiger partial charge on any atom is -0.369 e. The van der Waals surface area contributed by atoms with Crippen molar-refractivity contribution in [3.8, 4) is 11.3 Å². The summed E-state index contributed by atoms with van der Waals surface area (Å²) < 4.78 is 36.3. The lowest BCUT2D eigenvalue weighted by molar-refractivity contribution is -0.124. The molecule has 3 atom stereocenters. The molecular formula is C31H39ClF2N6O3Si. The third-order valence-electron chi connectivity index (χ3n) is 8.77. The molecule has 0 radical (unpaired) electrons. The van der Waals surface area contributed by atoms with E-state index in [4.69, 9.17) is 22.1 Å². The fraction of sp³-hybridized carbons (Fsp3) is 0.516. The average molecular weight is 645 g/mol. The number of carbonyl (C=O) groups excluding carboxylic acids is 2. The lowest BCUT2D eigenvalue weighted by Crippen LogP contribution is -2.51. The second-order valence-corrected chi connectivity index (χ2v) is 19.1. The van der Waals surface area contributed by atoms with Gasteiger partial charge in [0, 0.05) is 43.9 Å². The molecule has 3 aromatic heterocycles. The molecule has 0 bridgehead atoms. The highest BCUT2D eigenvalue weighted by Crippen LogP contribution is 2.57. The molecule has 9 nitrogen and oxygen atoms in total. The molecule has 1 saturated carbocycles. The van der Waals surface area contributed by atoms with Gasteiger partial charge in [0.2, 0.25) is 5.91 Å². The predicted molar refractivity (Wildman–Crippen MR) is 166 cm³/mol. The molecule has 2 aliphatic rings. The predicted octanol–water partition coefficient (Wildman–Crippen LogP) is 5.49. The Morgan fingerprint density at radius 3 is 2.61 bits per heavy atom. The first kappa shape index (κ1) is 32.2. The molecule has 5 rings (SSSR count). The fourth-order valence-electron chi connectivity index (χ4n) is 6.11. The Morgan fingerprint density at radius 1 is 1.16 bits per heavy atom. The molecule has 1 aliphatic heterocycles. The van der Waals surface area contributed by atoms with Gasteiger partial charge in [-0.15, -0.1) is 0 Å². The van der Waals surface area contributed by atoms with Crippen LogP contribution >= 0.6 is 11.6 Å². The monoisotopic (exact) mass is 644 g/mol. The number of carbonyl (C=O) groups is 2. The van der Waals surface area contributed by atoms with Crippen molar-refractivity contribution in [1.82, 2.24) is 24.6 Å². The number of hydrogen-bond acceptors (Lipinski definition) is 6. The van der Waals surface area contributed by atoms with Crippen molar-refractivity contribution >= 4 is 31.5 Å². The zero-order valence-electron chi connectivity index (χ0n) is 25.6. The van der Waals surface area contributed by atoms with Gasteiger partial charge < -0.3 is 15.4 Å². The average Bonchev–Trinajstić information content (AvgIpc) is 3.44. The van der Waals surface area contributed by atoms with Crippen LogP contribution in [-0.2, 0) is 29.1 Å². The molecule has 2 amide bonds. The number of pyridine rings is 2. The second kappa shape index (κ2) is 12.6. The van der Waals surface area contributed by atoms with Crippen LogP contribution in [0.5, 0.6) is 0 Å². The van der Waals surface area contributed by atoms with E-state index in [1.165, 1.54) is 16.9 Å². The van der Waals surface area contributed by atoms with Gasteiger partial charge in [-0.1, -0.05) is 38.2 Å². The van der Waals surface area contributed by atoms with Gasteiger partial charge in [0.15, 0.2) is 11.5 Å². The van der Waals surface area contributed by atoms with E-state index in [1.807, 2.05) is 6.92 Å². The van der Waals surface area contributed by atoms with Crippen molar-refractivity contribution in [3.05, 3.63) is 64.3 Å². The number of rotatable bonds is 11. The smallest absolute Gasteiger partial charge is 0.274 e. The molecule has 1 saturated heterocycles. The highest BCUT2D eigenvalue weighted by Gasteiger charge is 2.62. The van der Waals surface area contributed by atoms with Gasteiger partial charge in [0.25, 0.3) is 5.91 Å². The van der Waals surface area contributed by atoms with Crippen molar-refractivity contribution < 1.29 is 23.1 Å². The van der Waals surface area contributed by atoms with Crippen molar-refractivity contribution in [2.24, 2.45) is 17.6 Å². The molecular weight excluding hydrogens is 606 g/mol. The first-order chi connectivity index (χ1) is 20.8. The van der Waals surface area contributed by atoms with Crippen LogP contribution in [0.15, 0.2) is 30.6 Å². The van der Waals surface area contributed by atoms with Gasteiger partial charge in [-0.25, -0.2) is 13.5 Å². The van der Waals surface area contributed by atoms with E-state index in [9.17, 15) is 14.0 Å². The zero-order valence-corrected chi connectivity index (χ0v) is 27.3. The molecule has 2 fully saturated rings. The van der Waals surface area contributed by atoms with E-state index >= 15 is 4.39 Å². The Kier molecular flexibility index (Phi) is 9.25. The standard InChI is InChI=1S/C31H39ClF2N6O3Si/c1-5-22-12-23(25(34)17-36-22)28-13-27(38-40(28)18-43-8-9-44(2,3)4)30(42)39-7-6-19(29(35)41)14-31(39)15-20(31)10-26-24(32)11-21(33)16-37-26/h11-13,16-17,19-20H,5-10,14-15,18H2,1-4H3,(H2,35,41). The number of aryl methyl sites for hydroxylation is 1. The summed E-state index contributed by atoms with van der Waals surface area (Å²) in [5.74, 6) is -2.20. The van der Waals surface area contributed by atoms with Crippen LogP contribution in [0, 0.1) is 23.5 Å². The number of piperidine rings is 1. The number of primary amides is 1. The van der Waals surface area contributed by atoms with Gasteiger partial charge in [-0.2, -0.15) is 5.10 Å². The Bertz CT molecular complexity index is 1560. The highest BCUT2D eigenvalue weighted by molar-refractivity contribution is 6.76. The van der Waals surface area contributed by atoms with Crippen molar-refractivity contribution in [1.29, 1.82) is 0 Å². The SMILES string of the molecule is CCc1cc(-c2cc(C(=O)N3CCC(C(N)=O)CC34CC4Cc3ncc(F)cc3Cl)nn2COCC[Si](C)(C)C)c(F)cn1. The maximum absolute atomic E-state index is 15.1. The van der Waals surface area contributed by atoms with Crippen LogP contribution in [0.1, 0.15) is 48.1 Å². The third kappa shape index (κ3) is 6.87. The van der Waals surface area contributed by atoms with Crippen LogP contribution in [0.3, 0.4) is 0 Å². The Hall–Kier alpha value is -3.22. The van der Waals surface area contributed by atoms with Gasteiger partial charge in [0.1, 0.15) is 12.5 Å². The summed E-state index contributed by atoms with van der Waals surface area (Å²) in [6, 6.07) is 5.45. The molecule has 44 heavy (non-hydrogen) atoms. The number of ether oxygens (including phenoxy) is 1. The molecule has 0 aromatic carbocycles. The summed E-state index contributed by atoms with van der Waals surface area (Å²) in [6.07, 6.45) is 4.79. The number of hydrogen-bond donors (Lipinski definition) is 1. The molecule has 3 aromatic rings. The number of likely N-dealkylation sites (tertiary alicyclic amines) is 1. The van der Waals surface area contributed by atoms with E-state index in [1.54, 1.807) is 17.0 Å². The van der Waals surface area contributed by atoms with Gasteiger partial charge in [0.05, 0.1) is 28.8 Å². The van der Waals surface area contributed by atoms with Crippen LogP contribution in [0.25, 0.3) is 11.3 Å². The normalized spacial score (nSPS) is 21.6. The summed E-state index contributed by atoms with van der Waals surface area (Å²) in [5, 5.41) is 4.85. The highest BCUT2D eigenvalue weighted by atomic mass is 35.5. The van der Waals surface area contributed by atoms with Crippen LogP contribution in [-0.4, -0.2) is 63.2 Å². The number of amides is 2. The summed E-state index contributed by atoms with van der Waals surface area (Å²) >= 11 is 6.28. The lowest BCUT2D eigenvalue weighted by Gasteiger charge is -2.40. The largest absolute Gasteiger partial charge is 0.369 e. The Balaban J connectivity index is 1.46. The van der Waals surface area contributed by atoms with E-state index in [-0.39, 0.29) is 35.2 Å². The van der Waals surface area contributed by atoms with Crippen LogP contribution in [0.2, 0.25) is 30.7 Å². The quantitative estimate of drug-likeness (QED) is 0.218. The summed E-state index contributed by atoms with van der Waals surface area (Å²) in [7, 11) is -1.34. The number of nitrogens with two attached hydrogens (primary N) is 1. The maximum atomic E-state index is 15.1. The van der Waals surface area contributed by atoms with Gasteiger partial charge in [-0.05, 0) is 62.3 Å². The Morgan fingerprint density at radius 2 is 1.93 bits per heavy atom.